The second-order valence-electron chi connectivity index (χ2n) is 7.99. The average Bonchev–Trinajstić information content (AvgIpc) is 2.79. The molecule has 2 aromatic carbocycles. The van der Waals surface area contributed by atoms with Gasteiger partial charge in [-0.2, -0.15) is 0 Å². The van der Waals surface area contributed by atoms with E-state index in [2.05, 4.69) is 10.2 Å². The molecule has 0 radical (unpaired) electrons. The van der Waals surface area contributed by atoms with Crippen molar-refractivity contribution in [2.24, 2.45) is 5.92 Å². The third-order valence-corrected chi connectivity index (χ3v) is 7.78. The van der Waals surface area contributed by atoms with Gasteiger partial charge >= 0.3 is 0 Å². The number of fused-ring (bicyclic) bond motifs is 1. The Hall–Kier alpha value is -2.54. The molecule has 1 N–H and O–H groups in total. The van der Waals surface area contributed by atoms with Gasteiger partial charge in [0, 0.05) is 24.8 Å². The summed E-state index contributed by atoms with van der Waals surface area (Å²) in [6.45, 7) is 3.73. The van der Waals surface area contributed by atoms with Gasteiger partial charge in [-0.3, -0.25) is 4.79 Å². The highest BCUT2D eigenvalue weighted by atomic mass is 32.2. The molecule has 160 valence electrons. The Morgan fingerprint density at radius 2 is 1.80 bits per heavy atom. The molecule has 1 amide bonds. The Balaban J connectivity index is 1.29. The second-order valence-corrected chi connectivity index (χ2v) is 10.3. The molecule has 7 heteroatoms. The fraction of sp³-hybridized carbons (Fsp3) is 0.435. The molecule has 1 saturated heterocycles. The first-order chi connectivity index (χ1) is 14.5. The van der Waals surface area contributed by atoms with Crippen LogP contribution in [0.2, 0.25) is 0 Å². The van der Waals surface area contributed by atoms with Crippen LogP contribution in [0.4, 0.5) is 5.69 Å². The minimum absolute atomic E-state index is 0.0667. The number of anilines is 1. The van der Waals surface area contributed by atoms with E-state index in [0.717, 1.165) is 42.9 Å². The molecule has 2 aromatic rings. The van der Waals surface area contributed by atoms with E-state index in [4.69, 9.17) is 4.74 Å². The summed E-state index contributed by atoms with van der Waals surface area (Å²) < 4.78 is 29.7. The molecular weight excluding hydrogens is 400 g/mol. The zero-order valence-corrected chi connectivity index (χ0v) is 18.0. The van der Waals surface area contributed by atoms with Gasteiger partial charge in [-0.15, -0.1) is 0 Å². The van der Waals surface area contributed by atoms with Crippen molar-refractivity contribution in [1.29, 1.82) is 0 Å². The lowest BCUT2D eigenvalue weighted by atomic mass is 9.95. The normalized spacial score (nSPS) is 19.6. The fourth-order valence-corrected chi connectivity index (χ4v) is 5.01. The Kier molecular flexibility index (Phi) is 5.99. The molecule has 1 unspecified atom stereocenters. The number of nitrogens with one attached hydrogen (secondary N) is 1. The van der Waals surface area contributed by atoms with E-state index in [1.54, 1.807) is 19.1 Å². The third kappa shape index (κ3) is 4.46. The maximum Gasteiger partial charge on any atom is 0.227 e. The van der Waals surface area contributed by atoms with Gasteiger partial charge in [-0.25, -0.2) is 8.42 Å². The molecule has 0 bridgehead atoms. The molecular formula is C23H28N2O4S. The number of piperidine rings is 1. The summed E-state index contributed by atoms with van der Waals surface area (Å²) >= 11 is 0. The van der Waals surface area contributed by atoms with E-state index in [1.165, 1.54) is 0 Å². The summed E-state index contributed by atoms with van der Waals surface area (Å²) in [6, 6.07) is 15.2. The summed E-state index contributed by atoms with van der Waals surface area (Å²) in [5, 5.41) is 3.20. The van der Waals surface area contributed by atoms with Gasteiger partial charge in [-0.1, -0.05) is 25.1 Å². The van der Waals surface area contributed by atoms with Crippen molar-refractivity contribution < 1.29 is 17.9 Å². The van der Waals surface area contributed by atoms with Crippen molar-refractivity contribution in [2.75, 3.05) is 30.3 Å². The van der Waals surface area contributed by atoms with Gasteiger partial charge in [0.1, 0.15) is 12.4 Å². The number of benzene rings is 2. The van der Waals surface area contributed by atoms with E-state index < -0.39 is 9.84 Å². The van der Waals surface area contributed by atoms with Crippen molar-refractivity contribution in [2.45, 2.75) is 37.1 Å². The minimum Gasteiger partial charge on any atom is -0.492 e. The zero-order valence-electron chi connectivity index (χ0n) is 17.2. The van der Waals surface area contributed by atoms with E-state index in [0.29, 0.717) is 17.9 Å². The third-order valence-electron chi connectivity index (χ3n) is 6.03. The van der Waals surface area contributed by atoms with Gasteiger partial charge in [0.15, 0.2) is 9.84 Å². The lowest BCUT2D eigenvalue weighted by molar-refractivity contribution is -0.127. The van der Waals surface area contributed by atoms with Crippen LogP contribution in [0.3, 0.4) is 0 Å². The number of sulfone groups is 1. The largest absolute Gasteiger partial charge is 0.492 e. The van der Waals surface area contributed by atoms with E-state index >= 15 is 0 Å². The molecule has 2 heterocycles. The van der Waals surface area contributed by atoms with E-state index in [-0.39, 0.29) is 23.6 Å². The van der Waals surface area contributed by atoms with Crippen molar-refractivity contribution in [3.05, 3.63) is 54.1 Å². The lowest BCUT2D eigenvalue weighted by Gasteiger charge is -2.35. The van der Waals surface area contributed by atoms with Gasteiger partial charge in [0.2, 0.25) is 5.91 Å². The van der Waals surface area contributed by atoms with Crippen LogP contribution in [0, 0.1) is 5.92 Å². The summed E-state index contributed by atoms with van der Waals surface area (Å²) in [5.74, 6) is 0.908. The Morgan fingerprint density at radius 3 is 2.50 bits per heavy atom. The number of hydrogen-bond acceptors (Lipinski definition) is 5. The van der Waals surface area contributed by atoms with Crippen LogP contribution >= 0.6 is 0 Å². The van der Waals surface area contributed by atoms with Crippen molar-refractivity contribution >= 4 is 21.4 Å². The predicted octanol–water partition coefficient (Wildman–Crippen LogP) is 2.82. The molecule has 4 rings (SSSR count). The van der Waals surface area contributed by atoms with Gasteiger partial charge in [-0.05, 0) is 55.2 Å². The quantitative estimate of drug-likeness (QED) is 0.793. The number of rotatable bonds is 5. The molecule has 30 heavy (non-hydrogen) atoms. The van der Waals surface area contributed by atoms with Crippen molar-refractivity contribution in [3.63, 3.8) is 0 Å². The molecule has 0 spiro atoms. The summed E-state index contributed by atoms with van der Waals surface area (Å²) in [4.78, 5) is 15.3. The number of carbonyl (C=O) groups is 1. The maximum atomic E-state index is 12.7. The average molecular weight is 429 g/mol. The van der Waals surface area contributed by atoms with Gasteiger partial charge in [0.05, 0.1) is 16.6 Å². The fourth-order valence-electron chi connectivity index (χ4n) is 4.13. The highest BCUT2D eigenvalue weighted by molar-refractivity contribution is 7.91. The zero-order chi connectivity index (χ0) is 21.1. The van der Waals surface area contributed by atoms with E-state index in [9.17, 15) is 13.2 Å². The topological polar surface area (TPSA) is 75.7 Å². The van der Waals surface area contributed by atoms with Crippen molar-refractivity contribution in [3.8, 4) is 5.75 Å². The first-order valence-electron chi connectivity index (χ1n) is 10.5. The molecule has 1 fully saturated rings. The van der Waals surface area contributed by atoms with Crippen LogP contribution in [0.1, 0.15) is 25.3 Å². The minimum atomic E-state index is -3.17. The number of nitrogens with zero attached hydrogens (tertiary/aromatic N) is 1. The number of amides is 1. The Morgan fingerprint density at radius 1 is 1.10 bits per heavy atom. The molecule has 0 aliphatic carbocycles. The van der Waals surface area contributed by atoms with Crippen LogP contribution < -0.4 is 15.0 Å². The molecule has 0 aromatic heterocycles. The van der Waals surface area contributed by atoms with Gasteiger partial charge in [0.25, 0.3) is 0 Å². The number of ether oxygens (including phenoxy) is 1. The van der Waals surface area contributed by atoms with Crippen LogP contribution in [-0.2, 0) is 21.1 Å². The summed E-state index contributed by atoms with van der Waals surface area (Å²) in [7, 11) is -3.17. The highest BCUT2D eigenvalue weighted by Gasteiger charge is 2.28. The molecule has 1 atom stereocenters. The van der Waals surface area contributed by atoms with Crippen LogP contribution in [-0.4, -0.2) is 45.8 Å². The molecule has 2 aliphatic rings. The standard InChI is InChI=1S/C23H28N2O4S/c1-2-30(27,28)21-9-7-20(8-10-21)25-13-11-19(12-14-25)24-23(26)18-15-17-5-3-4-6-22(17)29-16-18/h3-10,18-19H,2,11-16H2,1H3,(H,24,26). The molecule has 6 nitrogen and oxygen atoms in total. The number of para-hydroxylation sites is 1. The second kappa shape index (κ2) is 8.68. The number of carbonyl (C=O) groups excluding carboxylic acids is 1. The highest BCUT2D eigenvalue weighted by Crippen LogP contribution is 2.27. The van der Waals surface area contributed by atoms with Crippen molar-refractivity contribution in [1.82, 2.24) is 5.32 Å². The van der Waals surface area contributed by atoms with Crippen LogP contribution in [0.5, 0.6) is 5.75 Å². The lowest BCUT2D eigenvalue weighted by Crippen LogP contribution is -2.48. The Labute approximate surface area is 178 Å². The first kappa shape index (κ1) is 20.7. The number of hydrogen-bond donors (Lipinski definition) is 1. The van der Waals surface area contributed by atoms with E-state index in [1.807, 2.05) is 36.4 Å². The molecule has 2 aliphatic heterocycles. The summed E-state index contributed by atoms with van der Waals surface area (Å²) in [5.41, 5.74) is 2.11. The maximum absolute atomic E-state index is 12.7. The monoisotopic (exact) mass is 428 g/mol. The van der Waals surface area contributed by atoms with Crippen LogP contribution in [0.25, 0.3) is 0 Å². The van der Waals surface area contributed by atoms with Gasteiger partial charge < -0.3 is 15.0 Å². The predicted molar refractivity (Wildman–Crippen MR) is 117 cm³/mol. The SMILES string of the molecule is CCS(=O)(=O)c1ccc(N2CCC(NC(=O)C3COc4ccccc4C3)CC2)cc1. The first-order valence-corrected chi connectivity index (χ1v) is 12.2. The Bertz CT molecular complexity index is 996. The smallest absolute Gasteiger partial charge is 0.227 e. The summed E-state index contributed by atoms with van der Waals surface area (Å²) in [6.07, 6.45) is 2.45. The molecule has 0 saturated carbocycles. The van der Waals surface area contributed by atoms with Crippen LogP contribution in [0.15, 0.2) is 53.4 Å².